The molecule has 0 saturated carbocycles. The summed E-state index contributed by atoms with van der Waals surface area (Å²) < 4.78 is 0. The average Bonchev–Trinajstić information content (AvgIpc) is 2.90. The first kappa shape index (κ1) is 13.1. The van der Waals surface area contributed by atoms with Crippen molar-refractivity contribution < 1.29 is 9.90 Å². The molecule has 5 heteroatoms. The van der Waals surface area contributed by atoms with Crippen LogP contribution in [-0.2, 0) is 0 Å². The molecule has 0 aliphatic heterocycles. The number of nitrogens with one attached hydrogen (secondary N) is 1. The highest BCUT2D eigenvalue weighted by Gasteiger charge is 2.11. The zero-order valence-electron chi connectivity index (χ0n) is 9.47. The predicted molar refractivity (Wildman–Crippen MR) is 73.1 cm³/mol. The van der Waals surface area contributed by atoms with Crippen LogP contribution in [0.3, 0.4) is 0 Å². The fourth-order valence-electron chi connectivity index (χ4n) is 1.49. The van der Waals surface area contributed by atoms with Gasteiger partial charge >= 0.3 is 0 Å². The Morgan fingerprint density at radius 1 is 1.33 bits per heavy atom. The van der Waals surface area contributed by atoms with E-state index in [-0.39, 0.29) is 12.5 Å². The van der Waals surface area contributed by atoms with Crippen LogP contribution in [0.1, 0.15) is 21.3 Å². The SMILES string of the molecule is O=C(NC[C@H](O)c1ccc(Cl)cc1)c1cccs1. The van der Waals surface area contributed by atoms with Crippen molar-refractivity contribution in [2.24, 2.45) is 0 Å². The molecule has 0 unspecified atom stereocenters. The van der Waals surface area contributed by atoms with Crippen LogP contribution in [0.5, 0.6) is 0 Å². The van der Waals surface area contributed by atoms with E-state index >= 15 is 0 Å². The van der Waals surface area contributed by atoms with E-state index in [1.807, 2.05) is 11.4 Å². The lowest BCUT2D eigenvalue weighted by Gasteiger charge is -2.11. The summed E-state index contributed by atoms with van der Waals surface area (Å²) in [6.45, 7) is 0.179. The van der Waals surface area contributed by atoms with Gasteiger partial charge in [-0.25, -0.2) is 0 Å². The summed E-state index contributed by atoms with van der Waals surface area (Å²) in [7, 11) is 0. The number of carbonyl (C=O) groups is 1. The number of thiophene rings is 1. The number of halogens is 1. The lowest BCUT2D eigenvalue weighted by Crippen LogP contribution is -2.27. The molecule has 1 aromatic heterocycles. The van der Waals surface area contributed by atoms with Crippen LogP contribution in [0.15, 0.2) is 41.8 Å². The van der Waals surface area contributed by atoms with Crippen LogP contribution < -0.4 is 5.32 Å². The van der Waals surface area contributed by atoms with Gasteiger partial charge in [0, 0.05) is 11.6 Å². The molecule has 1 aromatic carbocycles. The molecule has 0 bridgehead atoms. The summed E-state index contributed by atoms with van der Waals surface area (Å²) >= 11 is 7.13. The van der Waals surface area contributed by atoms with Gasteiger partial charge in [-0.2, -0.15) is 0 Å². The minimum absolute atomic E-state index is 0.169. The quantitative estimate of drug-likeness (QED) is 0.905. The van der Waals surface area contributed by atoms with Gasteiger partial charge < -0.3 is 10.4 Å². The molecule has 1 heterocycles. The largest absolute Gasteiger partial charge is 0.387 e. The smallest absolute Gasteiger partial charge is 0.261 e. The van der Waals surface area contributed by atoms with Crippen LogP contribution in [0, 0.1) is 0 Å². The summed E-state index contributed by atoms with van der Waals surface area (Å²) in [6, 6.07) is 10.5. The fourth-order valence-corrected chi connectivity index (χ4v) is 2.25. The monoisotopic (exact) mass is 281 g/mol. The Morgan fingerprint density at radius 2 is 2.06 bits per heavy atom. The van der Waals surface area contributed by atoms with Crippen molar-refractivity contribution in [3.63, 3.8) is 0 Å². The summed E-state index contributed by atoms with van der Waals surface area (Å²) in [4.78, 5) is 12.3. The molecule has 18 heavy (non-hydrogen) atoms. The van der Waals surface area contributed by atoms with E-state index in [0.29, 0.717) is 9.90 Å². The number of hydrogen-bond acceptors (Lipinski definition) is 3. The van der Waals surface area contributed by atoms with E-state index in [1.165, 1.54) is 11.3 Å². The van der Waals surface area contributed by atoms with Crippen LogP contribution in [0.4, 0.5) is 0 Å². The second-order valence-electron chi connectivity index (χ2n) is 3.75. The Morgan fingerprint density at radius 3 is 2.67 bits per heavy atom. The van der Waals surface area contributed by atoms with E-state index in [4.69, 9.17) is 11.6 Å². The molecule has 0 fully saturated rings. The average molecular weight is 282 g/mol. The van der Waals surface area contributed by atoms with Gasteiger partial charge in [0.25, 0.3) is 5.91 Å². The highest BCUT2D eigenvalue weighted by molar-refractivity contribution is 7.12. The zero-order chi connectivity index (χ0) is 13.0. The van der Waals surface area contributed by atoms with E-state index in [9.17, 15) is 9.90 Å². The first-order valence-corrected chi connectivity index (χ1v) is 6.68. The molecule has 0 aliphatic rings. The molecule has 2 aromatic rings. The van der Waals surface area contributed by atoms with Crippen LogP contribution in [0.2, 0.25) is 5.02 Å². The number of rotatable bonds is 4. The maximum atomic E-state index is 11.7. The zero-order valence-corrected chi connectivity index (χ0v) is 11.0. The molecule has 1 atom stereocenters. The Labute approximate surface area is 114 Å². The minimum Gasteiger partial charge on any atom is -0.387 e. The lowest BCUT2D eigenvalue weighted by molar-refractivity contribution is 0.0920. The van der Waals surface area contributed by atoms with Crippen molar-refractivity contribution in [3.8, 4) is 0 Å². The fraction of sp³-hybridized carbons (Fsp3) is 0.154. The van der Waals surface area contributed by atoms with Gasteiger partial charge in [0.05, 0.1) is 11.0 Å². The van der Waals surface area contributed by atoms with Gasteiger partial charge in [-0.15, -0.1) is 11.3 Å². The highest BCUT2D eigenvalue weighted by Crippen LogP contribution is 2.16. The second-order valence-corrected chi connectivity index (χ2v) is 5.14. The summed E-state index contributed by atoms with van der Waals surface area (Å²) in [5, 5.41) is 15.0. The number of carbonyl (C=O) groups excluding carboxylic acids is 1. The van der Waals surface area contributed by atoms with Crippen LogP contribution >= 0.6 is 22.9 Å². The molecule has 3 nitrogen and oxygen atoms in total. The number of aliphatic hydroxyl groups is 1. The molecule has 0 aliphatic carbocycles. The summed E-state index contributed by atoms with van der Waals surface area (Å²) in [6.07, 6.45) is -0.730. The Bertz CT molecular complexity index is 510. The Balaban J connectivity index is 1.90. The maximum absolute atomic E-state index is 11.7. The molecule has 2 rings (SSSR count). The van der Waals surface area contributed by atoms with Crippen molar-refractivity contribution in [1.29, 1.82) is 0 Å². The third-order valence-corrected chi connectivity index (χ3v) is 3.58. The molecule has 2 N–H and O–H groups in total. The van der Waals surface area contributed by atoms with Crippen molar-refractivity contribution in [2.45, 2.75) is 6.10 Å². The first-order chi connectivity index (χ1) is 8.66. The first-order valence-electron chi connectivity index (χ1n) is 5.42. The van der Waals surface area contributed by atoms with E-state index < -0.39 is 6.10 Å². The molecule has 94 valence electrons. The van der Waals surface area contributed by atoms with Crippen molar-refractivity contribution in [2.75, 3.05) is 6.54 Å². The van der Waals surface area contributed by atoms with E-state index in [1.54, 1.807) is 30.3 Å². The molecule has 0 spiro atoms. The van der Waals surface area contributed by atoms with Gasteiger partial charge in [-0.1, -0.05) is 29.8 Å². The van der Waals surface area contributed by atoms with Gasteiger partial charge in [-0.05, 0) is 29.1 Å². The molecular weight excluding hydrogens is 270 g/mol. The van der Waals surface area contributed by atoms with Crippen LogP contribution in [0.25, 0.3) is 0 Å². The van der Waals surface area contributed by atoms with E-state index in [2.05, 4.69) is 5.32 Å². The number of aliphatic hydroxyl groups excluding tert-OH is 1. The number of amides is 1. The standard InChI is InChI=1S/C13H12ClNO2S/c14-10-5-3-9(4-6-10)11(16)8-15-13(17)12-2-1-7-18-12/h1-7,11,16H,8H2,(H,15,17)/t11-/m0/s1. The normalized spacial score (nSPS) is 12.1. The Kier molecular flexibility index (Phi) is 4.36. The topological polar surface area (TPSA) is 49.3 Å². The van der Waals surface area contributed by atoms with Crippen LogP contribution in [-0.4, -0.2) is 17.6 Å². The van der Waals surface area contributed by atoms with Gasteiger partial charge in [0.1, 0.15) is 0 Å². The number of benzene rings is 1. The highest BCUT2D eigenvalue weighted by atomic mass is 35.5. The van der Waals surface area contributed by atoms with Crippen molar-refractivity contribution in [1.82, 2.24) is 5.32 Å². The maximum Gasteiger partial charge on any atom is 0.261 e. The van der Waals surface area contributed by atoms with E-state index in [0.717, 1.165) is 5.56 Å². The van der Waals surface area contributed by atoms with Gasteiger partial charge in [-0.3, -0.25) is 4.79 Å². The van der Waals surface area contributed by atoms with Crippen molar-refractivity contribution >= 4 is 28.8 Å². The summed E-state index contributed by atoms with van der Waals surface area (Å²) in [5.74, 6) is -0.169. The summed E-state index contributed by atoms with van der Waals surface area (Å²) in [5.41, 5.74) is 0.728. The molecule has 0 radical (unpaired) electrons. The number of hydrogen-bond donors (Lipinski definition) is 2. The molecule has 0 saturated heterocycles. The second kappa shape index (κ2) is 6.00. The van der Waals surface area contributed by atoms with Gasteiger partial charge in [0.2, 0.25) is 0 Å². The molecule has 1 amide bonds. The van der Waals surface area contributed by atoms with Gasteiger partial charge in [0.15, 0.2) is 0 Å². The Hall–Kier alpha value is -1.36. The predicted octanol–water partition coefficient (Wildman–Crippen LogP) is 2.86. The minimum atomic E-state index is -0.730. The molecular formula is C13H12ClNO2S. The third-order valence-electron chi connectivity index (χ3n) is 2.46. The van der Waals surface area contributed by atoms with Crippen molar-refractivity contribution in [3.05, 3.63) is 57.2 Å². The lowest BCUT2D eigenvalue weighted by atomic mass is 10.1. The third kappa shape index (κ3) is 3.32.